The third-order valence-corrected chi connectivity index (χ3v) is 25.6. The van der Waals surface area contributed by atoms with Crippen LogP contribution in [0.1, 0.15) is 289 Å². The first-order valence-corrected chi connectivity index (χ1v) is 52.2. The minimum Gasteiger partial charge on any atom is -0.494 e. The number of hydrogen-bond donors (Lipinski definition) is 5. The van der Waals surface area contributed by atoms with E-state index in [9.17, 15) is 33.6 Å². The number of pyridine rings is 1. The van der Waals surface area contributed by atoms with Crippen LogP contribution in [-0.2, 0) is 40.0 Å². The number of thiazole rings is 2. The van der Waals surface area contributed by atoms with Crippen molar-refractivity contribution in [3.8, 4) is 83.2 Å². The van der Waals surface area contributed by atoms with Crippen LogP contribution in [0.5, 0.6) is 17.5 Å². The first-order chi connectivity index (χ1) is 69.4. The number of carbonyl (C=O) groups is 7. The number of benzene rings is 10. The molecule has 13 aromatic rings. The molecule has 0 aliphatic carbocycles. The molecular formula is C121H143N3O17S2. The van der Waals surface area contributed by atoms with Crippen LogP contribution >= 0.6 is 22.7 Å². The van der Waals surface area contributed by atoms with Crippen molar-refractivity contribution >= 4 is 64.1 Å². The van der Waals surface area contributed by atoms with Crippen LogP contribution in [0.2, 0.25) is 0 Å². The zero-order valence-corrected chi connectivity index (χ0v) is 86.3. The molecule has 0 bridgehead atoms. The molecule has 0 amide bonds. The van der Waals surface area contributed by atoms with E-state index in [1.54, 1.807) is 97.1 Å². The maximum Gasteiger partial charge on any atom is 0.377 e. The normalized spacial score (nSPS) is 10.6. The van der Waals surface area contributed by atoms with E-state index in [0.29, 0.717) is 55.7 Å². The van der Waals surface area contributed by atoms with Crippen molar-refractivity contribution in [3.63, 3.8) is 0 Å². The Balaban J connectivity index is 0.000000211. The van der Waals surface area contributed by atoms with Crippen LogP contribution < -0.4 is 14.2 Å². The lowest BCUT2D eigenvalue weighted by molar-refractivity contribution is -0.131. The van der Waals surface area contributed by atoms with E-state index in [-0.39, 0.29) is 22.5 Å². The lowest BCUT2D eigenvalue weighted by atomic mass is 9.98. The summed E-state index contributed by atoms with van der Waals surface area (Å²) in [5.74, 6) is -3.73. The first-order valence-electron chi connectivity index (χ1n) is 50.5. The van der Waals surface area contributed by atoms with Crippen LogP contribution in [0, 0.1) is 20.8 Å². The SMILES string of the molecule is CCCCCCCCOc1ccc(-c2ccc(C(=O)O)cc2)cc1.CCCCCCCCc1ccc(-c2ccc(C(=O)C(=O)O)cc2)cc1.CCCCCCCCc1ccc(-c2ccc(C(=O)Cc3ccc(C)cn3)cc2)cc1.CCCCOCCOc1nc(-c2ccc(C(=O)O)cc2)sc1C.CCCCc1ccc(-c2ccc(C(=O)O)cc2)cc1.CCCOCCOc1nc(-c2ccc(C(=O)O)cc2)sc1C. The largest absolute Gasteiger partial charge is 0.494 e. The molecule has 0 spiro atoms. The summed E-state index contributed by atoms with van der Waals surface area (Å²) < 4.78 is 27.9. The number of aromatic nitrogens is 3. The summed E-state index contributed by atoms with van der Waals surface area (Å²) in [6, 6.07) is 79.6. The zero-order chi connectivity index (χ0) is 103. The molecule has 0 unspecified atom stereocenters. The Hall–Kier alpha value is -13.4. The minimum absolute atomic E-state index is 0.104. The van der Waals surface area contributed by atoms with Crippen molar-refractivity contribution in [2.75, 3.05) is 46.2 Å². The molecule has 756 valence electrons. The number of aryl methyl sites for hydroxylation is 6. The van der Waals surface area contributed by atoms with E-state index in [2.05, 4.69) is 129 Å². The van der Waals surface area contributed by atoms with Crippen LogP contribution in [0.3, 0.4) is 0 Å². The van der Waals surface area contributed by atoms with Gasteiger partial charge >= 0.3 is 29.8 Å². The van der Waals surface area contributed by atoms with E-state index < -0.39 is 35.6 Å². The first kappa shape index (κ1) is 115. The highest BCUT2D eigenvalue weighted by molar-refractivity contribution is 7.15. The molecule has 3 heterocycles. The highest BCUT2D eigenvalue weighted by Crippen LogP contribution is 2.35. The molecule has 22 heteroatoms. The molecule has 3 aromatic heterocycles. The molecule has 10 aromatic carbocycles. The Labute approximate surface area is 853 Å². The van der Waals surface area contributed by atoms with Gasteiger partial charge in [0.1, 0.15) is 29.0 Å². The van der Waals surface area contributed by atoms with Crippen molar-refractivity contribution in [2.45, 2.75) is 236 Å². The van der Waals surface area contributed by atoms with E-state index in [4.69, 9.17) is 49.2 Å². The molecular weight excluding hydrogens is 1830 g/mol. The number of rotatable bonds is 53. The summed E-state index contributed by atoms with van der Waals surface area (Å²) in [7, 11) is 0. The molecule has 0 aliphatic rings. The second kappa shape index (κ2) is 65.7. The maximum atomic E-state index is 12.5. The minimum atomic E-state index is -1.42. The van der Waals surface area contributed by atoms with Gasteiger partial charge in [0.05, 0.1) is 58.2 Å². The fourth-order valence-electron chi connectivity index (χ4n) is 15.1. The Morgan fingerprint density at radius 2 is 0.580 bits per heavy atom. The number of aliphatic carboxylic acids is 1. The number of carboxylic acid groups (broad SMARTS) is 5. The molecule has 0 fully saturated rings. The number of Topliss-reactive ketones (excluding diaryl/α,β-unsaturated/α-hetero) is 2. The number of unbranched alkanes of at least 4 members (excludes halogenated alkanes) is 17. The fraction of sp³-hybridized carbons (Fsp3) is 0.355. The Kier molecular flexibility index (Phi) is 52.7. The summed E-state index contributed by atoms with van der Waals surface area (Å²) >= 11 is 3.05. The average molecular weight is 1980 g/mol. The van der Waals surface area contributed by atoms with Crippen LogP contribution in [0.4, 0.5) is 0 Å². The quantitative estimate of drug-likeness (QED) is 0.0134. The molecule has 0 aliphatic heterocycles. The standard InChI is InChI=1S/C28H33NO.C22H26O3.C21H26O3.C17H21NO4S.C17H18O2.C16H19NO4S/c1-3-4-5-6-7-8-9-23-11-13-24(14-12-23)25-15-17-26(18-16-25)28(30)20-27-19-10-22(2)21-29-27;1-2-3-4-5-6-7-8-17-9-11-18(12-10-17)19-13-15-20(16-14-19)21(23)22(24)25;1-2-3-4-5-6-7-16-24-20-14-12-18(13-15-20)17-8-10-19(11-9-17)21(22)23;1-3-4-9-21-10-11-22-15-12(2)23-16(18-15)13-5-7-14(8-6-13)17(19)20;1-2-3-4-13-5-7-14(8-6-13)15-9-11-16(12-10-15)17(18)19;1-3-8-20-9-10-21-14-11(2)22-15(17-14)12-4-6-13(7-5-12)16(18)19/h10-19,21H,3-9,20H2,1-2H3;9-16H,2-8H2,1H3,(H,24,25);8-15H,2-7,16H2,1H3,(H,22,23);5-8H,3-4,9-11H2,1-2H3,(H,19,20);5-12H,2-4H2,1H3,(H,18,19);4-7H,3,8-10H2,1-2H3,(H,18,19). The van der Waals surface area contributed by atoms with Gasteiger partial charge < -0.3 is 49.2 Å². The smallest absolute Gasteiger partial charge is 0.377 e. The van der Waals surface area contributed by atoms with Gasteiger partial charge in [-0.1, -0.05) is 339 Å². The molecule has 143 heavy (non-hydrogen) atoms. The predicted octanol–water partition coefficient (Wildman–Crippen LogP) is 30.7. The number of ether oxygens (including phenoxy) is 5. The molecule has 0 saturated heterocycles. The molecule has 0 radical (unpaired) electrons. The Morgan fingerprint density at radius 1 is 0.273 bits per heavy atom. The van der Waals surface area contributed by atoms with Gasteiger partial charge in [-0.15, -0.1) is 22.7 Å². The topological polar surface area (TPSA) is 305 Å². The van der Waals surface area contributed by atoms with Gasteiger partial charge in [0.2, 0.25) is 11.8 Å². The van der Waals surface area contributed by atoms with Crippen LogP contribution in [0.15, 0.2) is 261 Å². The zero-order valence-electron chi connectivity index (χ0n) is 84.7. The number of hydrogen-bond acceptors (Lipinski definition) is 17. The molecule has 0 saturated carbocycles. The van der Waals surface area contributed by atoms with E-state index >= 15 is 0 Å². The Bertz CT molecular complexity index is 5890. The van der Waals surface area contributed by atoms with Crippen molar-refractivity contribution in [3.05, 3.63) is 332 Å². The molecule has 13 rings (SSSR count). The van der Waals surface area contributed by atoms with E-state index in [1.807, 2.05) is 112 Å². The van der Waals surface area contributed by atoms with Crippen molar-refractivity contribution < 1.29 is 82.8 Å². The van der Waals surface area contributed by atoms with Crippen molar-refractivity contribution in [1.29, 1.82) is 0 Å². The summed E-state index contributed by atoms with van der Waals surface area (Å²) in [6.07, 6.45) is 34.5. The molecule has 5 N–H and O–H groups in total. The van der Waals surface area contributed by atoms with Crippen molar-refractivity contribution in [1.82, 2.24) is 15.0 Å². The highest BCUT2D eigenvalue weighted by Gasteiger charge is 2.18. The number of aromatic carboxylic acids is 4. The predicted molar refractivity (Wildman–Crippen MR) is 578 cm³/mol. The van der Waals surface area contributed by atoms with Gasteiger partial charge in [0.25, 0.3) is 5.78 Å². The lowest BCUT2D eigenvalue weighted by Crippen LogP contribution is -2.12. The molecule has 20 nitrogen and oxygen atoms in total. The second-order valence-corrected chi connectivity index (χ2v) is 37.6. The van der Waals surface area contributed by atoms with E-state index in [0.717, 1.165) is 157 Å². The van der Waals surface area contributed by atoms with Gasteiger partial charge in [-0.25, -0.2) is 33.9 Å². The number of nitrogens with zero attached hydrogens (tertiary/aromatic N) is 3. The van der Waals surface area contributed by atoms with Crippen molar-refractivity contribution in [2.24, 2.45) is 0 Å². The summed E-state index contributed by atoms with van der Waals surface area (Å²) in [5.41, 5.74) is 18.5. The Morgan fingerprint density at radius 3 is 0.916 bits per heavy atom. The number of ketones is 2. The third-order valence-electron chi connectivity index (χ3n) is 23.6. The fourth-order valence-corrected chi connectivity index (χ4v) is 16.8. The summed E-state index contributed by atoms with van der Waals surface area (Å²) in [5, 5.41) is 46.0. The third kappa shape index (κ3) is 42.4. The van der Waals surface area contributed by atoms with Gasteiger partial charge in [-0.05, 0) is 212 Å². The van der Waals surface area contributed by atoms with Crippen LogP contribution in [0.25, 0.3) is 65.6 Å². The number of carbonyl (C=O) groups excluding carboxylic acids is 2. The number of carboxylic acids is 5. The van der Waals surface area contributed by atoms with Gasteiger partial charge in [-0.3, -0.25) is 14.6 Å². The van der Waals surface area contributed by atoms with E-state index in [1.165, 1.54) is 167 Å². The average Bonchev–Trinajstić information content (AvgIpc) is 1.05. The summed E-state index contributed by atoms with van der Waals surface area (Å²) in [6.45, 7) is 23.3. The second-order valence-electron chi connectivity index (χ2n) is 35.2. The lowest BCUT2D eigenvalue weighted by Gasteiger charge is -2.08. The molecule has 0 atom stereocenters. The summed E-state index contributed by atoms with van der Waals surface area (Å²) in [4.78, 5) is 93.3. The van der Waals surface area contributed by atoms with Gasteiger partial charge in [0, 0.05) is 47.4 Å². The van der Waals surface area contributed by atoms with Gasteiger partial charge in [-0.2, -0.15) is 0 Å². The van der Waals surface area contributed by atoms with Gasteiger partial charge in [0.15, 0.2) is 5.78 Å². The highest BCUT2D eigenvalue weighted by atomic mass is 32.1. The van der Waals surface area contributed by atoms with Crippen LogP contribution in [-0.4, -0.2) is 128 Å². The maximum absolute atomic E-state index is 12.5. The monoisotopic (exact) mass is 1970 g/mol.